The van der Waals surface area contributed by atoms with E-state index >= 15 is 0 Å². The van der Waals surface area contributed by atoms with E-state index in [0.29, 0.717) is 17.1 Å². The highest BCUT2D eigenvalue weighted by atomic mass is 35.5. The number of hydrogen-bond acceptors (Lipinski definition) is 3. The Hall–Kier alpha value is -1.26. The van der Waals surface area contributed by atoms with E-state index in [1.165, 1.54) is 0 Å². The predicted octanol–water partition coefficient (Wildman–Crippen LogP) is 2.65. The van der Waals surface area contributed by atoms with Gasteiger partial charge in [0, 0.05) is 24.5 Å². The molecule has 0 radical (unpaired) electrons. The lowest BCUT2D eigenvalue weighted by Gasteiger charge is -2.08. The largest absolute Gasteiger partial charge is 0.505 e. The lowest BCUT2D eigenvalue weighted by molar-refractivity contribution is 0.468. The standard InChI is InChI=1S/C10H10ClN3O.ClH/c1-6-9(15)8(7(4-11)5-14-6)10-12-2-3-13-10;/h2-3,5,15H,4H2,1H3,(H,12,13);1H. The highest BCUT2D eigenvalue weighted by Gasteiger charge is 2.14. The zero-order chi connectivity index (χ0) is 10.8. The Bertz CT molecular complexity index is 471. The minimum Gasteiger partial charge on any atom is -0.505 e. The van der Waals surface area contributed by atoms with Gasteiger partial charge >= 0.3 is 0 Å². The first-order chi connectivity index (χ1) is 7.24. The van der Waals surface area contributed by atoms with Crippen LogP contribution in [0.15, 0.2) is 18.6 Å². The molecule has 0 amide bonds. The first-order valence-electron chi connectivity index (χ1n) is 4.47. The van der Waals surface area contributed by atoms with Crippen molar-refractivity contribution >= 4 is 24.0 Å². The lowest BCUT2D eigenvalue weighted by atomic mass is 10.1. The van der Waals surface area contributed by atoms with E-state index in [1.807, 2.05) is 0 Å². The summed E-state index contributed by atoms with van der Waals surface area (Å²) >= 11 is 5.78. The zero-order valence-electron chi connectivity index (χ0n) is 8.57. The molecule has 0 spiro atoms. The van der Waals surface area contributed by atoms with Gasteiger partial charge in [0.2, 0.25) is 0 Å². The Morgan fingerprint density at radius 2 is 2.19 bits per heavy atom. The Balaban J connectivity index is 0.00000128. The van der Waals surface area contributed by atoms with Crippen LogP contribution in [0.1, 0.15) is 11.3 Å². The second-order valence-electron chi connectivity index (χ2n) is 3.16. The van der Waals surface area contributed by atoms with Crippen molar-refractivity contribution in [1.82, 2.24) is 15.0 Å². The molecule has 2 N–H and O–H groups in total. The van der Waals surface area contributed by atoms with Gasteiger partial charge in [-0.2, -0.15) is 0 Å². The highest BCUT2D eigenvalue weighted by Crippen LogP contribution is 2.32. The molecule has 2 heterocycles. The number of nitrogens with one attached hydrogen (secondary N) is 1. The third-order valence-corrected chi connectivity index (χ3v) is 2.48. The van der Waals surface area contributed by atoms with Gasteiger partial charge < -0.3 is 10.1 Å². The van der Waals surface area contributed by atoms with Gasteiger partial charge in [-0.05, 0) is 12.5 Å². The van der Waals surface area contributed by atoms with Crippen LogP contribution in [0.4, 0.5) is 0 Å². The van der Waals surface area contributed by atoms with Crippen molar-refractivity contribution in [3.63, 3.8) is 0 Å². The second kappa shape index (κ2) is 5.18. The summed E-state index contributed by atoms with van der Waals surface area (Å²) in [6.45, 7) is 1.74. The molecule has 0 atom stereocenters. The summed E-state index contributed by atoms with van der Waals surface area (Å²) < 4.78 is 0. The third-order valence-electron chi connectivity index (χ3n) is 2.19. The molecule has 0 saturated carbocycles. The molecule has 2 aromatic rings. The Kier molecular flexibility index (Phi) is 4.15. The third kappa shape index (κ3) is 2.13. The molecular formula is C10H11Cl2N3O. The van der Waals surface area contributed by atoms with E-state index in [-0.39, 0.29) is 24.0 Å². The summed E-state index contributed by atoms with van der Waals surface area (Å²) in [5.41, 5.74) is 1.95. The number of halogens is 2. The van der Waals surface area contributed by atoms with Crippen molar-refractivity contribution in [2.45, 2.75) is 12.8 Å². The number of alkyl halides is 1. The van der Waals surface area contributed by atoms with Gasteiger partial charge in [0.15, 0.2) is 0 Å². The van der Waals surface area contributed by atoms with Crippen LogP contribution < -0.4 is 0 Å². The van der Waals surface area contributed by atoms with Crippen molar-refractivity contribution in [2.24, 2.45) is 0 Å². The molecule has 0 bridgehead atoms. The van der Waals surface area contributed by atoms with Crippen LogP contribution in [0.3, 0.4) is 0 Å². The van der Waals surface area contributed by atoms with Gasteiger partial charge in [-0.15, -0.1) is 24.0 Å². The van der Waals surface area contributed by atoms with Gasteiger partial charge in [-0.3, -0.25) is 4.98 Å². The zero-order valence-corrected chi connectivity index (χ0v) is 10.1. The van der Waals surface area contributed by atoms with E-state index in [2.05, 4.69) is 15.0 Å². The number of hydrogen-bond donors (Lipinski definition) is 2. The predicted molar refractivity (Wildman–Crippen MR) is 65.0 cm³/mol. The number of H-pyrrole nitrogens is 1. The molecule has 0 fully saturated rings. The molecule has 16 heavy (non-hydrogen) atoms. The van der Waals surface area contributed by atoms with Crippen molar-refractivity contribution in [3.05, 3.63) is 29.8 Å². The summed E-state index contributed by atoms with van der Waals surface area (Å²) in [5.74, 6) is 1.02. The Morgan fingerprint density at radius 1 is 1.44 bits per heavy atom. The Labute approximate surface area is 104 Å². The molecular weight excluding hydrogens is 249 g/mol. The van der Waals surface area contributed by atoms with E-state index < -0.39 is 0 Å². The average Bonchev–Trinajstić information content (AvgIpc) is 2.75. The molecule has 2 aromatic heterocycles. The smallest absolute Gasteiger partial charge is 0.148 e. The SMILES string of the molecule is Cc1ncc(CCl)c(-c2ncc[nH]2)c1O.Cl. The molecule has 0 saturated heterocycles. The second-order valence-corrected chi connectivity index (χ2v) is 3.43. The number of aryl methyl sites for hydroxylation is 1. The van der Waals surface area contributed by atoms with Crippen molar-refractivity contribution in [1.29, 1.82) is 0 Å². The number of imidazole rings is 1. The van der Waals surface area contributed by atoms with Crippen LogP contribution in [-0.2, 0) is 5.88 Å². The van der Waals surface area contributed by atoms with E-state index in [1.54, 1.807) is 25.5 Å². The summed E-state index contributed by atoms with van der Waals surface area (Å²) in [6, 6.07) is 0. The van der Waals surface area contributed by atoms with Gasteiger partial charge in [-0.25, -0.2) is 4.98 Å². The molecule has 86 valence electrons. The quantitative estimate of drug-likeness (QED) is 0.816. The van der Waals surface area contributed by atoms with Crippen LogP contribution in [0, 0.1) is 6.92 Å². The van der Waals surface area contributed by atoms with Crippen molar-refractivity contribution < 1.29 is 5.11 Å². The van der Waals surface area contributed by atoms with E-state index in [9.17, 15) is 5.11 Å². The normalized spacial score (nSPS) is 9.88. The Morgan fingerprint density at radius 3 is 2.75 bits per heavy atom. The fourth-order valence-electron chi connectivity index (χ4n) is 1.40. The van der Waals surface area contributed by atoms with Crippen LogP contribution in [0.5, 0.6) is 5.75 Å². The molecule has 4 nitrogen and oxygen atoms in total. The number of aromatic amines is 1. The minimum atomic E-state index is 0. The summed E-state index contributed by atoms with van der Waals surface area (Å²) in [7, 11) is 0. The van der Waals surface area contributed by atoms with Gasteiger partial charge in [0.05, 0.1) is 11.3 Å². The van der Waals surface area contributed by atoms with Crippen LogP contribution in [-0.4, -0.2) is 20.1 Å². The van der Waals surface area contributed by atoms with Crippen LogP contribution in [0.2, 0.25) is 0 Å². The first-order valence-corrected chi connectivity index (χ1v) is 5.00. The maximum Gasteiger partial charge on any atom is 0.148 e. The number of nitrogens with zero attached hydrogens (tertiary/aromatic N) is 2. The first kappa shape index (κ1) is 12.8. The maximum atomic E-state index is 9.90. The molecule has 0 aliphatic carbocycles. The number of pyridine rings is 1. The highest BCUT2D eigenvalue weighted by molar-refractivity contribution is 6.17. The van der Waals surface area contributed by atoms with E-state index in [0.717, 1.165) is 5.56 Å². The molecule has 0 unspecified atom stereocenters. The average molecular weight is 260 g/mol. The van der Waals surface area contributed by atoms with Crippen molar-refractivity contribution in [2.75, 3.05) is 0 Å². The summed E-state index contributed by atoms with van der Waals surface area (Å²) in [5, 5.41) is 9.90. The maximum absolute atomic E-state index is 9.90. The number of aromatic nitrogens is 3. The lowest BCUT2D eigenvalue weighted by Crippen LogP contribution is -1.94. The molecule has 6 heteroatoms. The number of aromatic hydroxyl groups is 1. The molecule has 0 aliphatic rings. The summed E-state index contributed by atoms with van der Waals surface area (Å²) in [4.78, 5) is 11.1. The fraction of sp³-hybridized carbons (Fsp3) is 0.200. The monoisotopic (exact) mass is 259 g/mol. The van der Waals surface area contributed by atoms with E-state index in [4.69, 9.17) is 11.6 Å². The van der Waals surface area contributed by atoms with Crippen LogP contribution >= 0.6 is 24.0 Å². The minimum absolute atomic E-state index is 0. The van der Waals surface area contributed by atoms with Crippen LogP contribution in [0.25, 0.3) is 11.4 Å². The van der Waals surface area contributed by atoms with Crippen molar-refractivity contribution in [3.8, 4) is 17.1 Å². The molecule has 2 rings (SSSR count). The topological polar surface area (TPSA) is 61.8 Å². The number of rotatable bonds is 2. The molecule has 0 aliphatic heterocycles. The van der Waals surface area contributed by atoms with Gasteiger partial charge in [-0.1, -0.05) is 0 Å². The fourth-order valence-corrected chi connectivity index (χ4v) is 1.60. The van der Waals surface area contributed by atoms with Gasteiger partial charge in [0.1, 0.15) is 11.6 Å². The molecule has 0 aromatic carbocycles. The summed E-state index contributed by atoms with van der Waals surface area (Å²) in [6.07, 6.45) is 4.98. The van der Waals surface area contributed by atoms with Gasteiger partial charge in [0.25, 0.3) is 0 Å².